The average Bonchev–Trinajstić information content (AvgIpc) is 2.46. The average molecular weight is 299 g/mol. The van der Waals surface area contributed by atoms with Gasteiger partial charge in [-0.3, -0.25) is 4.90 Å². The van der Waals surface area contributed by atoms with E-state index in [-0.39, 0.29) is 10.8 Å². The van der Waals surface area contributed by atoms with Crippen molar-refractivity contribution in [1.29, 1.82) is 0 Å². The van der Waals surface area contributed by atoms with Gasteiger partial charge in [0.1, 0.15) is 5.82 Å². The molecule has 0 spiro atoms. The lowest BCUT2D eigenvalue weighted by Gasteiger charge is -2.40. The third kappa shape index (κ3) is 3.72. The molecule has 0 radical (unpaired) electrons. The molecule has 1 aromatic carbocycles. The Hall–Kier alpha value is -0.640. The third-order valence-electron chi connectivity index (χ3n) is 4.13. The fourth-order valence-corrected chi connectivity index (χ4v) is 3.09. The van der Waals surface area contributed by atoms with Crippen LogP contribution in [0.5, 0.6) is 0 Å². The first kappa shape index (κ1) is 15.7. The van der Waals surface area contributed by atoms with Gasteiger partial charge in [0.15, 0.2) is 0 Å². The van der Waals surface area contributed by atoms with E-state index in [2.05, 4.69) is 24.1 Å². The maximum absolute atomic E-state index is 13.6. The van der Waals surface area contributed by atoms with Crippen LogP contribution >= 0.6 is 11.6 Å². The van der Waals surface area contributed by atoms with Crippen LogP contribution < -0.4 is 5.32 Å². The molecule has 2 nitrogen and oxygen atoms in total. The van der Waals surface area contributed by atoms with Crippen LogP contribution in [-0.4, -0.2) is 30.1 Å². The highest BCUT2D eigenvalue weighted by Crippen LogP contribution is 2.24. The number of hydrogen-bond donors (Lipinski definition) is 1. The van der Waals surface area contributed by atoms with Crippen LogP contribution in [0.3, 0.4) is 0 Å². The number of hydrogen-bond acceptors (Lipinski definition) is 2. The number of benzene rings is 1. The molecule has 1 N–H and O–H groups in total. The Kier molecular flexibility index (Phi) is 5.82. The molecule has 1 aliphatic heterocycles. The summed E-state index contributed by atoms with van der Waals surface area (Å²) in [5, 5.41) is 3.87. The van der Waals surface area contributed by atoms with Gasteiger partial charge < -0.3 is 5.32 Å². The fraction of sp³-hybridized carbons (Fsp3) is 0.625. The minimum Gasteiger partial charge on any atom is -0.311 e. The Morgan fingerprint density at radius 2 is 2.20 bits per heavy atom. The van der Waals surface area contributed by atoms with E-state index in [1.807, 2.05) is 6.07 Å². The van der Waals surface area contributed by atoms with Gasteiger partial charge in [-0.25, -0.2) is 4.39 Å². The molecule has 112 valence electrons. The van der Waals surface area contributed by atoms with Crippen molar-refractivity contribution in [1.82, 2.24) is 10.2 Å². The Labute approximate surface area is 126 Å². The van der Waals surface area contributed by atoms with E-state index in [1.165, 1.54) is 6.07 Å². The summed E-state index contributed by atoms with van der Waals surface area (Å²) in [6.45, 7) is 7.16. The number of nitrogens with zero attached hydrogens (tertiary/aromatic N) is 1. The predicted octanol–water partition coefficient (Wildman–Crippen LogP) is 3.83. The molecule has 1 heterocycles. The smallest absolute Gasteiger partial charge is 0.142 e. The number of nitrogens with one attached hydrogen (secondary N) is 1. The van der Waals surface area contributed by atoms with Crippen molar-refractivity contribution in [2.75, 3.05) is 13.1 Å². The number of rotatable bonds is 5. The maximum atomic E-state index is 13.6. The van der Waals surface area contributed by atoms with E-state index in [0.29, 0.717) is 12.1 Å². The quantitative estimate of drug-likeness (QED) is 0.889. The minimum absolute atomic E-state index is 0.273. The lowest BCUT2D eigenvalue weighted by Crippen LogP contribution is -2.55. The Bertz CT molecular complexity index is 438. The zero-order chi connectivity index (χ0) is 14.5. The molecule has 20 heavy (non-hydrogen) atoms. The maximum Gasteiger partial charge on any atom is 0.142 e. The molecule has 0 saturated carbocycles. The van der Waals surface area contributed by atoms with Crippen LogP contribution in [0.15, 0.2) is 18.2 Å². The lowest BCUT2D eigenvalue weighted by molar-refractivity contribution is 0.113. The molecule has 1 aromatic rings. The highest BCUT2D eigenvalue weighted by atomic mass is 35.5. The summed E-state index contributed by atoms with van der Waals surface area (Å²) >= 11 is 6.09. The van der Waals surface area contributed by atoms with Gasteiger partial charge in [0.2, 0.25) is 0 Å². The SMILES string of the molecule is CCCC1CNC(CC)CN1Cc1cccc(F)c1Cl. The summed E-state index contributed by atoms with van der Waals surface area (Å²) in [5.74, 6) is -0.321. The molecule has 1 fully saturated rings. The number of halogens is 2. The van der Waals surface area contributed by atoms with Crippen LogP contribution in [0.2, 0.25) is 5.02 Å². The molecule has 0 aliphatic carbocycles. The Morgan fingerprint density at radius 3 is 2.90 bits per heavy atom. The van der Waals surface area contributed by atoms with Crippen molar-refractivity contribution < 1.29 is 4.39 Å². The first-order chi connectivity index (χ1) is 9.65. The zero-order valence-corrected chi connectivity index (χ0v) is 13.1. The van der Waals surface area contributed by atoms with E-state index >= 15 is 0 Å². The fourth-order valence-electron chi connectivity index (χ4n) is 2.90. The predicted molar refractivity (Wildman–Crippen MR) is 82.6 cm³/mol. The molecule has 0 aromatic heterocycles. The molecule has 2 unspecified atom stereocenters. The zero-order valence-electron chi connectivity index (χ0n) is 12.3. The van der Waals surface area contributed by atoms with Crippen molar-refractivity contribution in [2.45, 2.75) is 51.7 Å². The highest BCUT2D eigenvalue weighted by molar-refractivity contribution is 6.31. The van der Waals surface area contributed by atoms with E-state index in [4.69, 9.17) is 11.6 Å². The second kappa shape index (κ2) is 7.39. The second-order valence-corrected chi connectivity index (χ2v) is 5.98. The monoisotopic (exact) mass is 298 g/mol. The minimum atomic E-state index is -0.321. The topological polar surface area (TPSA) is 15.3 Å². The van der Waals surface area contributed by atoms with Crippen molar-refractivity contribution in [3.05, 3.63) is 34.6 Å². The summed E-state index contributed by atoms with van der Waals surface area (Å²) in [6.07, 6.45) is 3.44. The summed E-state index contributed by atoms with van der Waals surface area (Å²) in [4.78, 5) is 2.45. The number of piperazine rings is 1. The summed E-state index contributed by atoms with van der Waals surface area (Å²) in [6, 6.07) is 6.13. The first-order valence-corrected chi connectivity index (χ1v) is 7.93. The van der Waals surface area contributed by atoms with Crippen molar-refractivity contribution >= 4 is 11.6 Å². The van der Waals surface area contributed by atoms with E-state index < -0.39 is 0 Å². The van der Waals surface area contributed by atoms with Gasteiger partial charge >= 0.3 is 0 Å². The second-order valence-electron chi connectivity index (χ2n) is 5.60. The Morgan fingerprint density at radius 1 is 1.40 bits per heavy atom. The molecule has 0 bridgehead atoms. The van der Waals surface area contributed by atoms with Crippen LogP contribution in [0.1, 0.15) is 38.7 Å². The Balaban J connectivity index is 2.12. The third-order valence-corrected chi connectivity index (χ3v) is 4.56. The molecule has 4 heteroatoms. The first-order valence-electron chi connectivity index (χ1n) is 7.56. The van der Waals surface area contributed by atoms with Crippen LogP contribution in [0.25, 0.3) is 0 Å². The van der Waals surface area contributed by atoms with Crippen LogP contribution in [-0.2, 0) is 6.54 Å². The molecule has 1 aliphatic rings. The molecule has 0 amide bonds. The molecular weight excluding hydrogens is 275 g/mol. The van der Waals surface area contributed by atoms with Crippen molar-refractivity contribution in [3.63, 3.8) is 0 Å². The van der Waals surface area contributed by atoms with Gasteiger partial charge in [0.25, 0.3) is 0 Å². The van der Waals surface area contributed by atoms with E-state index in [1.54, 1.807) is 6.07 Å². The summed E-state index contributed by atoms with van der Waals surface area (Å²) in [5.41, 5.74) is 0.893. The van der Waals surface area contributed by atoms with Gasteiger partial charge in [-0.2, -0.15) is 0 Å². The molecule has 2 rings (SSSR count). The van der Waals surface area contributed by atoms with E-state index in [0.717, 1.165) is 44.5 Å². The summed E-state index contributed by atoms with van der Waals surface area (Å²) in [7, 11) is 0. The van der Waals surface area contributed by atoms with Gasteiger partial charge in [-0.15, -0.1) is 0 Å². The molecule has 1 saturated heterocycles. The van der Waals surface area contributed by atoms with E-state index in [9.17, 15) is 4.39 Å². The van der Waals surface area contributed by atoms with Gasteiger partial charge in [0, 0.05) is 31.7 Å². The van der Waals surface area contributed by atoms with Crippen molar-refractivity contribution in [3.8, 4) is 0 Å². The van der Waals surface area contributed by atoms with Crippen LogP contribution in [0.4, 0.5) is 4.39 Å². The highest BCUT2D eigenvalue weighted by Gasteiger charge is 2.27. The van der Waals surface area contributed by atoms with Gasteiger partial charge in [-0.1, -0.05) is 44.0 Å². The standard InChI is InChI=1S/C16H24ClFN2/c1-3-6-14-9-19-13(4-2)11-20(14)10-12-7-5-8-15(18)16(12)17/h5,7-8,13-14,19H,3-4,6,9-11H2,1-2H3. The summed E-state index contributed by atoms with van der Waals surface area (Å²) < 4.78 is 13.6. The van der Waals surface area contributed by atoms with Gasteiger partial charge in [-0.05, 0) is 24.5 Å². The molecule has 2 atom stereocenters. The molecular formula is C16H24ClFN2. The largest absolute Gasteiger partial charge is 0.311 e. The normalized spacial score (nSPS) is 24.0. The van der Waals surface area contributed by atoms with Crippen LogP contribution in [0, 0.1) is 5.82 Å². The lowest BCUT2D eigenvalue weighted by atomic mass is 10.0. The van der Waals surface area contributed by atoms with Crippen molar-refractivity contribution in [2.24, 2.45) is 0 Å². The van der Waals surface area contributed by atoms with Gasteiger partial charge in [0.05, 0.1) is 5.02 Å².